The molecule has 0 aliphatic rings. The van der Waals surface area contributed by atoms with Crippen molar-refractivity contribution >= 4 is 23.5 Å². The number of carbonyl (C=O) groups excluding carboxylic acids is 3. The first-order chi connectivity index (χ1) is 9.81. The van der Waals surface area contributed by atoms with E-state index in [1.165, 1.54) is 0 Å². The fourth-order valence-corrected chi connectivity index (χ4v) is 1.52. The number of aliphatic imine (C=N–C) groups is 1. The molecule has 1 rings (SSSR count). The maximum atomic E-state index is 11.9. The maximum Gasteiger partial charge on any atom is 0.373 e. The van der Waals surface area contributed by atoms with Crippen molar-refractivity contribution in [2.75, 3.05) is 0 Å². The molecule has 0 aliphatic heterocycles. The van der Waals surface area contributed by atoms with E-state index in [1.807, 2.05) is 58.9 Å². The Morgan fingerprint density at radius 3 is 2.19 bits per heavy atom. The standard InChI is InChI=1S/C15H21NO2.CO2/c1-10(2)14(15(17)18-11(3)4)16-13-8-6-7-12(5)9-13;2-1-3/h6-11H,1-5H3;. The maximum absolute atomic E-state index is 11.9. The van der Waals surface area contributed by atoms with Crippen LogP contribution in [0.1, 0.15) is 33.3 Å². The van der Waals surface area contributed by atoms with Gasteiger partial charge in [0.2, 0.25) is 0 Å². The van der Waals surface area contributed by atoms with Gasteiger partial charge in [-0.1, -0.05) is 26.0 Å². The van der Waals surface area contributed by atoms with Gasteiger partial charge in [0.15, 0.2) is 0 Å². The number of carbonyl (C=O) groups is 1. The molecule has 0 saturated carbocycles. The van der Waals surface area contributed by atoms with Gasteiger partial charge in [-0.15, -0.1) is 0 Å². The van der Waals surface area contributed by atoms with Gasteiger partial charge in [0, 0.05) is 5.92 Å². The summed E-state index contributed by atoms with van der Waals surface area (Å²) in [5.41, 5.74) is 2.38. The molecular formula is C16H21NO4. The molecule has 0 spiro atoms. The Bertz CT molecular complexity index is 527. The molecule has 5 heteroatoms. The molecule has 0 bridgehead atoms. The van der Waals surface area contributed by atoms with Crippen molar-refractivity contribution in [3.8, 4) is 0 Å². The molecule has 21 heavy (non-hydrogen) atoms. The van der Waals surface area contributed by atoms with E-state index in [0.29, 0.717) is 5.71 Å². The average molecular weight is 291 g/mol. The summed E-state index contributed by atoms with van der Waals surface area (Å²) < 4.78 is 5.21. The van der Waals surface area contributed by atoms with Gasteiger partial charge < -0.3 is 4.74 Å². The van der Waals surface area contributed by atoms with E-state index in [2.05, 4.69) is 4.99 Å². The first kappa shape index (κ1) is 18.7. The number of benzene rings is 1. The van der Waals surface area contributed by atoms with Gasteiger partial charge in [0.25, 0.3) is 0 Å². The molecule has 0 fully saturated rings. The number of esters is 1. The monoisotopic (exact) mass is 291 g/mol. The molecule has 5 nitrogen and oxygen atoms in total. The predicted molar refractivity (Wildman–Crippen MR) is 79.3 cm³/mol. The van der Waals surface area contributed by atoms with Crippen LogP contribution in [0, 0.1) is 12.8 Å². The first-order valence-corrected chi connectivity index (χ1v) is 6.67. The second-order valence-electron chi connectivity index (χ2n) is 5.03. The van der Waals surface area contributed by atoms with Gasteiger partial charge in [0.05, 0.1) is 11.8 Å². The fourth-order valence-electron chi connectivity index (χ4n) is 1.52. The number of nitrogens with zero attached hydrogens (tertiary/aromatic N) is 1. The summed E-state index contributed by atoms with van der Waals surface area (Å²) in [7, 11) is 0. The van der Waals surface area contributed by atoms with Gasteiger partial charge in [-0.25, -0.2) is 9.79 Å². The highest BCUT2D eigenvalue weighted by molar-refractivity contribution is 6.37. The van der Waals surface area contributed by atoms with Crippen LogP contribution in [-0.2, 0) is 19.1 Å². The second-order valence-corrected chi connectivity index (χ2v) is 5.03. The van der Waals surface area contributed by atoms with Crippen LogP contribution in [0.3, 0.4) is 0 Å². The summed E-state index contributed by atoms with van der Waals surface area (Å²) in [6.45, 7) is 9.55. The minimum Gasteiger partial charge on any atom is -0.458 e. The van der Waals surface area contributed by atoms with Crippen molar-refractivity contribution in [1.29, 1.82) is 0 Å². The van der Waals surface area contributed by atoms with E-state index in [0.717, 1.165) is 11.3 Å². The lowest BCUT2D eigenvalue weighted by Crippen LogP contribution is -2.25. The molecule has 0 atom stereocenters. The van der Waals surface area contributed by atoms with E-state index in [1.54, 1.807) is 0 Å². The minimum atomic E-state index is -0.332. The van der Waals surface area contributed by atoms with Gasteiger partial charge in [-0.05, 0) is 38.5 Å². The highest BCUT2D eigenvalue weighted by Crippen LogP contribution is 2.16. The number of ether oxygens (including phenoxy) is 1. The van der Waals surface area contributed by atoms with Crippen LogP contribution < -0.4 is 0 Å². The summed E-state index contributed by atoms with van der Waals surface area (Å²) in [6, 6.07) is 7.77. The zero-order valence-electron chi connectivity index (χ0n) is 13.0. The summed E-state index contributed by atoms with van der Waals surface area (Å²) in [5, 5.41) is 0. The molecule has 1 aromatic rings. The Kier molecular flexibility index (Phi) is 8.58. The quantitative estimate of drug-likeness (QED) is 0.631. The van der Waals surface area contributed by atoms with E-state index in [4.69, 9.17) is 14.3 Å². The van der Waals surface area contributed by atoms with E-state index >= 15 is 0 Å². The van der Waals surface area contributed by atoms with E-state index in [9.17, 15) is 4.79 Å². The first-order valence-electron chi connectivity index (χ1n) is 6.67. The van der Waals surface area contributed by atoms with Crippen LogP contribution in [0.5, 0.6) is 0 Å². The average Bonchev–Trinajstić information content (AvgIpc) is 2.35. The van der Waals surface area contributed by atoms with Crippen LogP contribution in [0.4, 0.5) is 5.69 Å². The molecule has 0 aromatic heterocycles. The summed E-state index contributed by atoms with van der Waals surface area (Å²) in [5.74, 6) is -0.293. The van der Waals surface area contributed by atoms with Crippen LogP contribution in [0.15, 0.2) is 29.3 Å². The lowest BCUT2D eigenvalue weighted by molar-refractivity contribution is -0.191. The summed E-state index contributed by atoms with van der Waals surface area (Å²) >= 11 is 0. The Morgan fingerprint density at radius 1 is 1.19 bits per heavy atom. The lowest BCUT2D eigenvalue weighted by atomic mass is 10.1. The molecular weight excluding hydrogens is 270 g/mol. The molecule has 1 aromatic carbocycles. The van der Waals surface area contributed by atoms with Crippen LogP contribution >= 0.6 is 0 Å². The van der Waals surface area contributed by atoms with Crippen molar-refractivity contribution in [1.82, 2.24) is 0 Å². The smallest absolute Gasteiger partial charge is 0.373 e. The topological polar surface area (TPSA) is 72.8 Å². The van der Waals surface area contributed by atoms with Crippen molar-refractivity contribution in [3.63, 3.8) is 0 Å². The van der Waals surface area contributed by atoms with Crippen LogP contribution in [0.25, 0.3) is 0 Å². The van der Waals surface area contributed by atoms with Gasteiger partial charge in [-0.3, -0.25) is 0 Å². The molecule has 0 aliphatic carbocycles. The summed E-state index contributed by atoms with van der Waals surface area (Å²) in [4.78, 5) is 32.6. The lowest BCUT2D eigenvalue weighted by Gasteiger charge is -2.12. The molecule has 114 valence electrons. The third kappa shape index (κ3) is 7.80. The molecule has 0 amide bonds. The number of hydrogen-bond acceptors (Lipinski definition) is 5. The zero-order chi connectivity index (χ0) is 16.4. The van der Waals surface area contributed by atoms with Gasteiger partial charge in [-0.2, -0.15) is 9.59 Å². The normalized spacial score (nSPS) is 10.7. The molecule has 0 N–H and O–H groups in total. The molecule has 0 heterocycles. The van der Waals surface area contributed by atoms with Crippen molar-refractivity contribution < 1.29 is 19.1 Å². The molecule has 0 unspecified atom stereocenters. The largest absolute Gasteiger partial charge is 0.458 e. The van der Waals surface area contributed by atoms with Crippen molar-refractivity contribution in [2.24, 2.45) is 10.9 Å². The Balaban J connectivity index is 0.00000122. The predicted octanol–water partition coefficient (Wildman–Crippen LogP) is 3.09. The van der Waals surface area contributed by atoms with Crippen LogP contribution in [-0.4, -0.2) is 23.9 Å². The zero-order valence-corrected chi connectivity index (χ0v) is 13.0. The molecule has 0 saturated heterocycles. The number of hydrogen-bond donors (Lipinski definition) is 0. The fraction of sp³-hybridized carbons (Fsp3) is 0.438. The third-order valence-electron chi connectivity index (χ3n) is 2.35. The Hall–Kier alpha value is -2.26. The van der Waals surface area contributed by atoms with E-state index < -0.39 is 0 Å². The van der Waals surface area contributed by atoms with Crippen molar-refractivity contribution in [2.45, 2.75) is 40.7 Å². The SMILES string of the molecule is Cc1cccc(N=C(C(=O)OC(C)C)C(C)C)c1.O=C=O. The van der Waals surface area contributed by atoms with Gasteiger partial charge >= 0.3 is 12.1 Å². The summed E-state index contributed by atoms with van der Waals surface area (Å²) in [6.07, 6.45) is 0.124. The number of rotatable bonds is 4. The van der Waals surface area contributed by atoms with Crippen molar-refractivity contribution in [3.05, 3.63) is 29.8 Å². The highest BCUT2D eigenvalue weighted by Gasteiger charge is 2.18. The van der Waals surface area contributed by atoms with Crippen LogP contribution in [0.2, 0.25) is 0 Å². The Morgan fingerprint density at radius 2 is 1.76 bits per heavy atom. The highest BCUT2D eigenvalue weighted by atomic mass is 16.5. The van der Waals surface area contributed by atoms with E-state index in [-0.39, 0.29) is 24.1 Å². The van der Waals surface area contributed by atoms with Gasteiger partial charge in [0.1, 0.15) is 5.71 Å². The second kappa shape index (κ2) is 9.61. The number of aryl methyl sites for hydroxylation is 1. The molecule has 0 radical (unpaired) electrons. The third-order valence-corrected chi connectivity index (χ3v) is 2.35. The Labute approximate surface area is 125 Å². The minimum absolute atomic E-state index is 0.0387.